The minimum Gasteiger partial charge on any atom is -0.324 e. The number of amides is 1. The third-order valence-electron chi connectivity index (χ3n) is 4.51. The first-order valence-corrected chi connectivity index (χ1v) is 10.6. The van der Waals surface area contributed by atoms with Crippen LogP contribution in [0.5, 0.6) is 0 Å². The summed E-state index contributed by atoms with van der Waals surface area (Å²) in [5, 5.41) is 2.98. The highest BCUT2D eigenvalue weighted by molar-refractivity contribution is 9.11. The second-order valence-corrected chi connectivity index (χ2v) is 8.33. The average Bonchev–Trinajstić information content (AvgIpc) is 2.66. The Hall–Kier alpha value is -1.47. The third-order valence-corrected chi connectivity index (χ3v) is 5.66. The molecule has 1 fully saturated rings. The lowest BCUT2D eigenvalue weighted by Crippen LogP contribution is -2.48. The molecule has 0 saturated carbocycles. The zero-order valence-corrected chi connectivity index (χ0v) is 18.2. The highest BCUT2D eigenvalue weighted by atomic mass is 79.9. The molecule has 0 bridgehead atoms. The van der Waals surface area contributed by atoms with Gasteiger partial charge in [-0.3, -0.25) is 14.6 Å². The second-order valence-electron chi connectivity index (χ2n) is 6.56. The van der Waals surface area contributed by atoms with E-state index in [0.717, 1.165) is 47.4 Å². The van der Waals surface area contributed by atoms with E-state index in [-0.39, 0.29) is 5.91 Å². The fourth-order valence-corrected chi connectivity index (χ4v) is 4.16. The topological polar surface area (TPSA) is 35.6 Å². The molecule has 1 heterocycles. The van der Waals surface area contributed by atoms with E-state index in [9.17, 15) is 4.79 Å². The monoisotopic (exact) mass is 491 g/mol. The molecule has 0 radical (unpaired) electrons. The van der Waals surface area contributed by atoms with E-state index in [1.165, 1.54) is 5.56 Å². The van der Waals surface area contributed by atoms with Crippen LogP contribution in [0.2, 0.25) is 0 Å². The highest BCUT2D eigenvalue weighted by Gasteiger charge is 2.18. The van der Waals surface area contributed by atoms with Crippen LogP contribution in [0.25, 0.3) is 6.08 Å². The Morgan fingerprint density at radius 2 is 1.70 bits per heavy atom. The first kappa shape index (κ1) is 20.3. The predicted octanol–water partition coefficient (Wildman–Crippen LogP) is 4.48. The molecule has 1 amide bonds. The molecule has 1 saturated heterocycles. The van der Waals surface area contributed by atoms with Crippen LogP contribution in [0.1, 0.15) is 5.56 Å². The van der Waals surface area contributed by atoms with Crippen LogP contribution in [-0.2, 0) is 4.79 Å². The van der Waals surface area contributed by atoms with Crippen molar-refractivity contribution in [2.24, 2.45) is 0 Å². The maximum Gasteiger partial charge on any atom is 0.238 e. The lowest BCUT2D eigenvalue weighted by atomic mass is 10.2. The highest BCUT2D eigenvalue weighted by Crippen LogP contribution is 2.26. The standard InChI is InChI=1S/C21H23Br2N3O/c22-18-8-9-20(19(23)15-18)24-21(27)16-26-13-11-25(12-14-26)10-4-7-17-5-2-1-3-6-17/h1-9,15H,10-14,16H2,(H,24,27)/b7-4+. The Kier molecular flexibility index (Phi) is 7.64. The van der Waals surface area contributed by atoms with Crippen LogP contribution in [0.15, 0.2) is 63.6 Å². The number of anilines is 1. The number of hydrogen-bond donors (Lipinski definition) is 1. The molecule has 1 aliphatic rings. The average molecular weight is 493 g/mol. The van der Waals surface area contributed by atoms with Crippen LogP contribution in [0, 0.1) is 0 Å². The van der Waals surface area contributed by atoms with E-state index < -0.39 is 0 Å². The van der Waals surface area contributed by atoms with Crippen molar-refractivity contribution in [3.63, 3.8) is 0 Å². The number of nitrogens with zero attached hydrogens (tertiary/aromatic N) is 2. The Labute approximate surface area is 177 Å². The number of rotatable bonds is 6. The fraction of sp³-hybridized carbons (Fsp3) is 0.286. The summed E-state index contributed by atoms with van der Waals surface area (Å²) in [6, 6.07) is 16.1. The third kappa shape index (κ3) is 6.57. The predicted molar refractivity (Wildman–Crippen MR) is 119 cm³/mol. The van der Waals surface area contributed by atoms with Gasteiger partial charge in [-0.1, -0.05) is 58.4 Å². The van der Waals surface area contributed by atoms with E-state index in [0.29, 0.717) is 6.54 Å². The molecule has 0 spiro atoms. The molecule has 2 aromatic carbocycles. The van der Waals surface area contributed by atoms with Crippen LogP contribution < -0.4 is 5.32 Å². The summed E-state index contributed by atoms with van der Waals surface area (Å²) in [6.07, 6.45) is 4.37. The first-order valence-electron chi connectivity index (χ1n) is 9.01. The van der Waals surface area contributed by atoms with Gasteiger partial charge in [-0.05, 0) is 39.7 Å². The van der Waals surface area contributed by atoms with Crippen molar-refractivity contribution in [3.05, 3.63) is 69.1 Å². The Bertz CT molecular complexity index is 787. The lowest BCUT2D eigenvalue weighted by Gasteiger charge is -2.33. The van der Waals surface area contributed by atoms with E-state index in [4.69, 9.17) is 0 Å². The zero-order chi connectivity index (χ0) is 19.1. The van der Waals surface area contributed by atoms with Gasteiger partial charge < -0.3 is 5.32 Å². The van der Waals surface area contributed by atoms with Crippen molar-refractivity contribution in [1.82, 2.24) is 9.80 Å². The molecule has 142 valence electrons. The molecule has 0 unspecified atom stereocenters. The molecule has 3 rings (SSSR count). The molecule has 0 aliphatic carbocycles. The van der Waals surface area contributed by atoms with E-state index in [1.54, 1.807) is 0 Å². The van der Waals surface area contributed by atoms with Crippen LogP contribution in [-0.4, -0.2) is 55.0 Å². The minimum atomic E-state index is 0.0236. The summed E-state index contributed by atoms with van der Waals surface area (Å²) < 4.78 is 1.85. The van der Waals surface area contributed by atoms with Crippen LogP contribution in [0.3, 0.4) is 0 Å². The van der Waals surface area contributed by atoms with E-state index >= 15 is 0 Å². The van der Waals surface area contributed by atoms with Gasteiger partial charge >= 0.3 is 0 Å². The molecule has 1 aliphatic heterocycles. The SMILES string of the molecule is O=C(CN1CCN(C/C=C/c2ccccc2)CC1)Nc1ccc(Br)cc1Br. The fourth-order valence-electron chi connectivity index (χ4n) is 3.02. The van der Waals surface area contributed by atoms with Gasteiger partial charge in [0, 0.05) is 41.7 Å². The molecule has 0 aromatic heterocycles. The van der Waals surface area contributed by atoms with E-state index in [1.807, 2.05) is 24.3 Å². The van der Waals surface area contributed by atoms with Gasteiger partial charge in [0.2, 0.25) is 5.91 Å². The molecule has 27 heavy (non-hydrogen) atoms. The number of hydrogen-bond acceptors (Lipinski definition) is 3. The summed E-state index contributed by atoms with van der Waals surface area (Å²) in [5.74, 6) is 0.0236. The van der Waals surface area contributed by atoms with Gasteiger partial charge in [-0.2, -0.15) is 0 Å². The smallest absolute Gasteiger partial charge is 0.238 e. The summed E-state index contributed by atoms with van der Waals surface area (Å²) in [4.78, 5) is 16.9. The normalized spacial score (nSPS) is 15.9. The van der Waals surface area contributed by atoms with Crippen molar-refractivity contribution < 1.29 is 4.79 Å². The summed E-state index contributed by atoms with van der Waals surface area (Å²) in [7, 11) is 0. The van der Waals surface area contributed by atoms with Crippen LogP contribution in [0.4, 0.5) is 5.69 Å². The summed E-state index contributed by atoms with van der Waals surface area (Å²) in [6.45, 7) is 5.15. The maximum atomic E-state index is 12.3. The van der Waals surface area contributed by atoms with Gasteiger partial charge in [-0.15, -0.1) is 0 Å². The molecule has 6 heteroatoms. The largest absolute Gasteiger partial charge is 0.324 e. The molecular weight excluding hydrogens is 470 g/mol. The van der Waals surface area contributed by atoms with Gasteiger partial charge in [0.15, 0.2) is 0 Å². The maximum absolute atomic E-state index is 12.3. The van der Waals surface area contributed by atoms with Crippen molar-refractivity contribution >= 4 is 49.5 Å². The lowest BCUT2D eigenvalue weighted by molar-refractivity contribution is -0.117. The van der Waals surface area contributed by atoms with Crippen molar-refractivity contribution in [2.75, 3.05) is 44.6 Å². The number of halogens is 2. The molecule has 2 aromatic rings. The Morgan fingerprint density at radius 1 is 1.00 bits per heavy atom. The van der Waals surface area contributed by atoms with Crippen molar-refractivity contribution in [1.29, 1.82) is 0 Å². The number of carbonyl (C=O) groups is 1. The number of nitrogens with one attached hydrogen (secondary N) is 1. The van der Waals surface area contributed by atoms with Crippen molar-refractivity contribution in [3.8, 4) is 0 Å². The number of carbonyl (C=O) groups excluding carboxylic acids is 1. The molecule has 1 N–H and O–H groups in total. The number of piperazine rings is 1. The molecule has 0 atom stereocenters. The molecular formula is C21H23Br2N3O. The molecule has 4 nitrogen and oxygen atoms in total. The first-order chi connectivity index (χ1) is 13.1. The minimum absolute atomic E-state index is 0.0236. The quantitative estimate of drug-likeness (QED) is 0.645. The Balaban J connectivity index is 1.40. The summed E-state index contributed by atoms with van der Waals surface area (Å²) in [5.41, 5.74) is 2.03. The van der Waals surface area contributed by atoms with Crippen molar-refractivity contribution in [2.45, 2.75) is 0 Å². The number of benzene rings is 2. The van der Waals surface area contributed by atoms with Gasteiger partial charge in [0.1, 0.15) is 0 Å². The zero-order valence-electron chi connectivity index (χ0n) is 15.1. The van der Waals surface area contributed by atoms with Gasteiger partial charge in [-0.25, -0.2) is 0 Å². The van der Waals surface area contributed by atoms with Crippen LogP contribution >= 0.6 is 31.9 Å². The van der Waals surface area contributed by atoms with Gasteiger partial charge in [0.05, 0.1) is 12.2 Å². The Morgan fingerprint density at radius 3 is 2.41 bits per heavy atom. The second kappa shape index (κ2) is 10.2. The summed E-state index contributed by atoms with van der Waals surface area (Å²) >= 11 is 6.90. The van der Waals surface area contributed by atoms with Gasteiger partial charge in [0.25, 0.3) is 0 Å². The van der Waals surface area contributed by atoms with E-state index in [2.05, 4.69) is 83.4 Å².